The molecule has 1 fully saturated rings. The molecule has 1 saturated heterocycles. The van der Waals surface area contributed by atoms with Crippen molar-refractivity contribution in [3.63, 3.8) is 0 Å². The minimum absolute atomic E-state index is 0.106. The molecule has 4 N–H and O–H groups in total. The van der Waals surface area contributed by atoms with Gasteiger partial charge in [-0.15, -0.1) is 0 Å². The predicted octanol–water partition coefficient (Wildman–Crippen LogP) is 4.23. The number of amides is 2. The second-order valence-corrected chi connectivity index (χ2v) is 9.43. The molecule has 1 aliphatic rings. The Bertz CT molecular complexity index is 1060. The summed E-state index contributed by atoms with van der Waals surface area (Å²) in [6.07, 6.45) is 4.48. The molecule has 0 saturated carbocycles. The molecule has 2 amide bonds. The Morgan fingerprint density at radius 2 is 1.95 bits per heavy atom. The standard InChI is InChI=1S/C14H19F2NO3.C7H9N3O.C6H10O2/c1-14(2,3)20-13(18)17-8-5-9-19-11-7-4-6-10(15)12(11)16;1-9-5-2-3-10-6(4-5)7(8)11;1-5-2-3-6(4-7)8-5/h4,6-7H,5,8-9H2,1-3H3,(H,17,18);2-4H,1H3,(H2,8,11)(H,9,10);4-6H,2-3H2,1H3. The van der Waals surface area contributed by atoms with Crippen LogP contribution in [-0.2, 0) is 14.3 Å². The molecule has 2 heterocycles. The number of hydrogen-bond acceptors (Lipinski definition) is 8. The van der Waals surface area contributed by atoms with Crippen molar-refractivity contribution in [3.8, 4) is 5.75 Å². The van der Waals surface area contributed by atoms with Gasteiger partial charge in [-0.2, -0.15) is 4.39 Å². The molecule has 216 valence electrons. The highest BCUT2D eigenvalue weighted by molar-refractivity contribution is 5.91. The molecule has 12 heteroatoms. The van der Waals surface area contributed by atoms with Crippen molar-refractivity contribution in [3.05, 3.63) is 53.9 Å². The van der Waals surface area contributed by atoms with Crippen molar-refractivity contribution < 1.29 is 37.4 Å². The number of aromatic nitrogens is 1. The summed E-state index contributed by atoms with van der Waals surface area (Å²) >= 11 is 0. The number of aldehydes is 1. The third-order valence-electron chi connectivity index (χ3n) is 4.88. The lowest BCUT2D eigenvalue weighted by atomic mass is 10.2. The average molecular weight is 553 g/mol. The number of ether oxygens (including phenoxy) is 3. The Hall–Kier alpha value is -3.80. The first kappa shape index (κ1) is 33.2. The van der Waals surface area contributed by atoms with Gasteiger partial charge in [-0.05, 0) is 71.2 Å². The SMILES string of the molecule is CC(C)(C)OC(=O)NCCCOc1cccc(F)c1F.CC1CCC(C=O)O1.CNc1ccnc(C(N)=O)c1. The fourth-order valence-corrected chi connectivity index (χ4v) is 3.01. The Morgan fingerprint density at radius 3 is 2.49 bits per heavy atom. The molecule has 3 rings (SSSR count). The van der Waals surface area contributed by atoms with Crippen molar-refractivity contribution in [2.75, 3.05) is 25.5 Å². The molecule has 2 atom stereocenters. The van der Waals surface area contributed by atoms with E-state index in [0.29, 0.717) is 19.1 Å². The van der Waals surface area contributed by atoms with E-state index >= 15 is 0 Å². The zero-order valence-electron chi connectivity index (χ0n) is 23.0. The summed E-state index contributed by atoms with van der Waals surface area (Å²) in [7, 11) is 1.76. The maximum absolute atomic E-state index is 13.2. The Balaban J connectivity index is 0.000000332. The van der Waals surface area contributed by atoms with Crippen molar-refractivity contribution >= 4 is 24.0 Å². The topological polar surface area (TPSA) is 142 Å². The lowest BCUT2D eigenvalue weighted by molar-refractivity contribution is -0.117. The first-order chi connectivity index (χ1) is 18.4. The number of primary amides is 1. The molecule has 1 aromatic heterocycles. The van der Waals surface area contributed by atoms with Crippen LogP contribution >= 0.6 is 0 Å². The van der Waals surface area contributed by atoms with Crippen LogP contribution < -0.4 is 21.1 Å². The van der Waals surface area contributed by atoms with Crippen LogP contribution in [0.5, 0.6) is 5.75 Å². The number of nitrogens with one attached hydrogen (secondary N) is 2. The van der Waals surface area contributed by atoms with Gasteiger partial charge in [0, 0.05) is 25.5 Å². The molecule has 0 spiro atoms. The molecule has 0 bridgehead atoms. The first-order valence-electron chi connectivity index (χ1n) is 12.4. The third-order valence-corrected chi connectivity index (χ3v) is 4.88. The summed E-state index contributed by atoms with van der Waals surface area (Å²) in [5.74, 6) is -2.61. The third kappa shape index (κ3) is 14.1. The second kappa shape index (κ2) is 16.9. The van der Waals surface area contributed by atoms with E-state index in [1.165, 1.54) is 18.3 Å². The van der Waals surface area contributed by atoms with Crippen molar-refractivity contribution in [1.29, 1.82) is 0 Å². The molecular weight excluding hydrogens is 514 g/mol. The number of carbonyl (C=O) groups is 3. The van der Waals surface area contributed by atoms with Gasteiger partial charge in [-0.25, -0.2) is 9.18 Å². The number of halogens is 2. The predicted molar refractivity (Wildman–Crippen MR) is 143 cm³/mol. The van der Waals surface area contributed by atoms with Gasteiger partial charge in [0.1, 0.15) is 23.7 Å². The summed E-state index contributed by atoms with van der Waals surface area (Å²) < 4.78 is 41.4. The van der Waals surface area contributed by atoms with Gasteiger partial charge in [0.15, 0.2) is 11.6 Å². The molecular formula is C27H38F2N4O6. The molecule has 2 unspecified atom stereocenters. The number of rotatable bonds is 8. The van der Waals surface area contributed by atoms with Crippen LogP contribution in [0.3, 0.4) is 0 Å². The maximum Gasteiger partial charge on any atom is 0.407 e. The number of benzene rings is 1. The van der Waals surface area contributed by atoms with Gasteiger partial charge in [0.25, 0.3) is 5.91 Å². The van der Waals surface area contributed by atoms with Gasteiger partial charge in [-0.1, -0.05) is 6.07 Å². The minimum atomic E-state index is -1.01. The molecule has 2 aromatic rings. The van der Waals surface area contributed by atoms with Gasteiger partial charge in [0.2, 0.25) is 5.82 Å². The summed E-state index contributed by atoms with van der Waals surface area (Å²) in [5, 5.41) is 5.42. The van der Waals surface area contributed by atoms with E-state index < -0.39 is 29.2 Å². The number of hydrogen-bond donors (Lipinski definition) is 3. The van der Waals surface area contributed by atoms with Gasteiger partial charge in [0.05, 0.1) is 12.7 Å². The molecule has 0 radical (unpaired) electrons. The van der Waals surface area contributed by atoms with Crippen molar-refractivity contribution in [1.82, 2.24) is 10.3 Å². The van der Waals surface area contributed by atoms with E-state index in [2.05, 4.69) is 15.6 Å². The molecule has 1 aromatic carbocycles. The summed E-state index contributed by atoms with van der Waals surface area (Å²) in [6.45, 7) is 7.78. The van der Waals surface area contributed by atoms with Gasteiger partial charge >= 0.3 is 6.09 Å². The zero-order chi connectivity index (χ0) is 29.4. The molecule has 10 nitrogen and oxygen atoms in total. The molecule has 39 heavy (non-hydrogen) atoms. The van der Waals surface area contributed by atoms with Crippen LogP contribution in [0.1, 0.15) is 57.4 Å². The quantitative estimate of drug-likeness (QED) is 0.326. The minimum Gasteiger partial charge on any atom is -0.490 e. The second-order valence-electron chi connectivity index (χ2n) is 9.43. The fourth-order valence-electron chi connectivity index (χ4n) is 3.01. The molecule has 1 aliphatic heterocycles. The average Bonchev–Trinajstić information content (AvgIpc) is 3.31. The number of nitrogens with two attached hydrogens (primary N) is 1. The van der Waals surface area contributed by atoms with Crippen molar-refractivity contribution in [2.24, 2.45) is 5.73 Å². The Labute approximate surface area is 227 Å². The van der Waals surface area contributed by atoms with E-state index in [4.69, 9.17) is 19.9 Å². The first-order valence-corrected chi connectivity index (χ1v) is 12.4. The largest absolute Gasteiger partial charge is 0.490 e. The maximum atomic E-state index is 13.2. The van der Waals surface area contributed by atoms with E-state index in [9.17, 15) is 23.2 Å². The number of anilines is 1. The summed E-state index contributed by atoms with van der Waals surface area (Å²) in [4.78, 5) is 35.7. The summed E-state index contributed by atoms with van der Waals surface area (Å²) in [6, 6.07) is 7.09. The Kier molecular flexibility index (Phi) is 14.4. The van der Waals surface area contributed by atoms with E-state index in [0.717, 1.165) is 30.9 Å². The number of nitrogens with zero attached hydrogens (tertiary/aromatic N) is 1. The van der Waals surface area contributed by atoms with Crippen LogP contribution in [0.4, 0.5) is 19.3 Å². The van der Waals surface area contributed by atoms with E-state index in [1.54, 1.807) is 40.0 Å². The van der Waals surface area contributed by atoms with Gasteiger partial charge in [-0.3, -0.25) is 9.78 Å². The van der Waals surface area contributed by atoms with Crippen LogP contribution in [0.2, 0.25) is 0 Å². The smallest absolute Gasteiger partial charge is 0.407 e. The Morgan fingerprint density at radius 1 is 1.23 bits per heavy atom. The highest BCUT2D eigenvalue weighted by atomic mass is 19.2. The zero-order valence-corrected chi connectivity index (χ0v) is 23.0. The van der Waals surface area contributed by atoms with E-state index in [1.807, 2.05) is 6.92 Å². The summed E-state index contributed by atoms with van der Waals surface area (Å²) in [5.41, 5.74) is 5.56. The van der Waals surface area contributed by atoms with Crippen LogP contribution in [0, 0.1) is 11.6 Å². The number of carbonyl (C=O) groups excluding carboxylic acids is 3. The van der Waals surface area contributed by atoms with Crippen LogP contribution in [0.25, 0.3) is 0 Å². The lowest BCUT2D eigenvalue weighted by Gasteiger charge is -2.19. The van der Waals surface area contributed by atoms with Crippen molar-refractivity contribution in [2.45, 2.75) is 64.8 Å². The monoisotopic (exact) mass is 552 g/mol. The molecule has 0 aliphatic carbocycles. The fraction of sp³-hybridized carbons (Fsp3) is 0.481. The van der Waals surface area contributed by atoms with E-state index in [-0.39, 0.29) is 24.2 Å². The highest BCUT2D eigenvalue weighted by Crippen LogP contribution is 2.19. The highest BCUT2D eigenvalue weighted by Gasteiger charge is 2.20. The lowest BCUT2D eigenvalue weighted by Crippen LogP contribution is -2.33. The van der Waals surface area contributed by atoms with Crippen LogP contribution in [0.15, 0.2) is 36.5 Å². The van der Waals surface area contributed by atoms with Crippen LogP contribution in [-0.4, -0.2) is 61.3 Å². The van der Waals surface area contributed by atoms with Gasteiger partial charge < -0.3 is 35.4 Å². The normalized spacial score (nSPS) is 16.0. The number of pyridine rings is 1. The number of alkyl carbamates (subject to hydrolysis) is 1.